The van der Waals surface area contributed by atoms with Crippen molar-refractivity contribution in [3.8, 4) is 0 Å². The van der Waals surface area contributed by atoms with Gasteiger partial charge in [-0.2, -0.15) is 0 Å². The van der Waals surface area contributed by atoms with Gasteiger partial charge in [0.2, 0.25) is 0 Å². The lowest BCUT2D eigenvalue weighted by Crippen LogP contribution is -2.31. The van der Waals surface area contributed by atoms with Crippen LogP contribution in [0, 0.1) is 5.92 Å². The van der Waals surface area contributed by atoms with E-state index in [2.05, 4.69) is 36.4 Å². The van der Waals surface area contributed by atoms with E-state index in [1.165, 1.54) is 0 Å². The predicted molar refractivity (Wildman–Crippen MR) is 63.0 cm³/mol. The van der Waals surface area contributed by atoms with Crippen molar-refractivity contribution in [2.75, 3.05) is 13.2 Å². The minimum atomic E-state index is 0.341. The van der Waals surface area contributed by atoms with E-state index in [0.29, 0.717) is 12.0 Å². The maximum Gasteiger partial charge on any atom is 0.0738 e. The van der Waals surface area contributed by atoms with Gasteiger partial charge in [0.15, 0.2) is 0 Å². The summed E-state index contributed by atoms with van der Waals surface area (Å²) in [6.07, 6.45) is 1.77. The Balaban J connectivity index is 2.15. The van der Waals surface area contributed by atoms with Gasteiger partial charge >= 0.3 is 0 Å². The predicted octanol–water partition coefficient (Wildman–Crippen LogP) is 0.966. The molecule has 1 aromatic heterocycles. The summed E-state index contributed by atoms with van der Waals surface area (Å²) in [6.45, 7) is 8.75. The minimum absolute atomic E-state index is 0.341. The molecule has 0 aliphatic carbocycles. The normalized spacial score (nSPS) is 13.3. The van der Waals surface area contributed by atoms with E-state index in [0.717, 1.165) is 25.5 Å². The van der Waals surface area contributed by atoms with Gasteiger partial charge in [0.25, 0.3) is 0 Å². The summed E-state index contributed by atoms with van der Waals surface area (Å²) in [5, 5.41) is 11.1. The van der Waals surface area contributed by atoms with E-state index in [1.54, 1.807) is 10.9 Å². The van der Waals surface area contributed by atoms with Gasteiger partial charge in [-0.3, -0.25) is 4.68 Å². The molecule has 1 unspecified atom stereocenters. The summed E-state index contributed by atoms with van der Waals surface area (Å²) >= 11 is 0. The first-order valence-corrected chi connectivity index (χ1v) is 5.74. The van der Waals surface area contributed by atoms with E-state index >= 15 is 0 Å². The first kappa shape index (κ1) is 13.1. The molecule has 1 N–H and O–H groups in total. The Labute approximate surface area is 97.2 Å². The standard InChI is InChI=1S/C11H22N4O/c1-9(2)7-16-8-10(3)12-5-11-6-13-14-15(11)4/h6,9-10,12H,5,7-8H2,1-4H3. The number of aromatic nitrogens is 3. The smallest absolute Gasteiger partial charge is 0.0738 e. The maximum atomic E-state index is 5.56. The summed E-state index contributed by atoms with van der Waals surface area (Å²) in [5.74, 6) is 0.591. The van der Waals surface area contributed by atoms with Gasteiger partial charge in [-0.15, -0.1) is 5.10 Å². The van der Waals surface area contributed by atoms with Crippen LogP contribution in [0.4, 0.5) is 0 Å². The third-order valence-electron chi connectivity index (χ3n) is 2.26. The van der Waals surface area contributed by atoms with Crippen molar-refractivity contribution in [1.82, 2.24) is 20.3 Å². The quantitative estimate of drug-likeness (QED) is 0.752. The molecule has 0 saturated carbocycles. The van der Waals surface area contributed by atoms with E-state index < -0.39 is 0 Å². The number of nitrogens with zero attached hydrogens (tertiary/aromatic N) is 3. The topological polar surface area (TPSA) is 52.0 Å². The zero-order valence-corrected chi connectivity index (χ0v) is 10.6. The first-order chi connectivity index (χ1) is 7.59. The van der Waals surface area contributed by atoms with Gasteiger partial charge in [0, 0.05) is 26.2 Å². The molecule has 0 radical (unpaired) electrons. The van der Waals surface area contributed by atoms with Crippen molar-refractivity contribution in [3.63, 3.8) is 0 Å². The highest BCUT2D eigenvalue weighted by molar-refractivity contribution is 4.92. The lowest BCUT2D eigenvalue weighted by atomic mass is 10.2. The fraction of sp³-hybridized carbons (Fsp3) is 0.818. The Morgan fingerprint density at radius 3 is 2.69 bits per heavy atom. The third kappa shape index (κ3) is 4.72. The van der Waals surface area contributed by atoms with Crippen LogP contribution >= 0.6 is 0 Å². The largest absolute Gasteiger partial charge is 0.380 e. The Kier molecular flexibility index (Phi) is 5.42. The van der Waals surface area contributed by atoms with Crippen LogP contribution in [0.1, 0.15) is 26.5 Å². The van der Waals surface area contributed by atoms with Crippen molar-refractivity contribution in [2.45, 2.75) is 33.4 Å². The van der Waals surface area contributed by atoms with Gasteiger partial charge in [0.1, 0.15) is 0 Å². The Morgan fingerprint density at radius 2 is 2.12 bits per heavy atom. The molecule has 0 amide bonds. The van der Waals surface area contributed by atoms with Crippen molar-refractivity contribution in [3.05, 3.63) is 11.9 Å². The number of aryl methyl sites for hydroxylation is 1. The molecule has 92 valence electrons. The molecule has 5 heteroatoms. The Hall–Kier alpha value is -0.940. The van der Waals surface area contributed by atoms with E-state index in [1.807, 2.05) is 7.05 Å². The van der Waals surface area contributed by atoms with Crippen LogP contribution in [-0.4, -0.2) is 34.2 Å². The van der Waals surface area contributed by atoms with Crippen LogP contribution in [0.15, 0.2) is 6.20 Å². The second kappa shape index (κ2) is 6.60. The first-order valence-electron chi connectivity index (χ1n) is 5.74. The molecule has 1 aromatic rings. The average molecular weight is 226 g/mol. The maximum absolute atomic E-state index is 5.56. The average Bonchev–Trinajstić information content (AvgIpc) is 2.60. The van der Waals surface area contributed by atoms with Crippen LogP contribution < -0.4 is 5.32 Å². The molecule has 16 heavy (non-hydrogen) atoms. The fourth-order valence-electron chi connectivity index (χ4n) is 1.29. The van der Waals surface area contributed by atoms with Crippen molar-refractivity contribution < 1.29 is 4.74 Å². The number of hydrogen-bond donors (Lipinski definition) is 1. The lowest BCUT2D eigenvalue weighted by Gasteiger charge is -2.14. The van der Waals surface area contributed by atoms with Crippen molar-refractivity contribution in [2.24, 2.45) is 13.0 Å². The van der Waals surface area contributed by atoms with Gasteiger partial charge in [0.05, 0.1) is 18.5 Å². The zero-order chi connectivity index (χ0) is 12.0. The van der Waals surface area contributed by atoms with Crippen molar-refractivity contribution >= 4 is 0 Å². The highest BCUT2D eigenvalue weighted by Gasteiger charge is 2.04. The molecule has 0 saturated heterocycles. The molecule has 0 aromatic carbocycles. The summed E-state index contributed by atoms with van der Waals surface area (Å²) in [5.41, 5.74) is 1.08. The molecule has 1 heterocycles. The number of ether oxygens (including phenoxy) is 1. The molecule has 5 nitrogen and oxygen atoms in total. The zero-order valence-electron chi connectivity index (χ0n) is 10.6. The fourth-order valence-corrected chi connectivity index (χ4v) is 1.29. The number of hydrogen-bond acceptors (Lipinski definition) is 4. The summed E-state index contributed by atoms with van der Waals surface area (Å²) < 4.78 is 7.33. The van der Waals surface area contributed by atoms with Crippen LogP contribution in [0.3, 0.4) is 0 Å². The molecule has 1 atom stereocenters. The third-order valence-corrected chi connectivity index (χ3v) is 2.26. The van der Waals surface area contributed by atoms with Crippen molar-refractivity contribution in [1.29, 1.82) is 0 Å². The Bertz CT molecular complexity index is 298. The number of nitrogens with one attached hydrogen (secondary N) is 1. The summed E-state index contributed by atoms with van der Waals surface area (Å²) in [4.78, 5) is 0. The van der Waals surface area contributed by atoms with Gasteiger partial charge < -0.3 is 10.1 Å². The van der Waals surface area contributed by atoms with E-state index in [9.17, 15) is 0 Å². The SMILES string of the molecule is CC(C)COCC(C)NCc1cnnn1C. The molecule has 0 spiro atoms. The van der Waals surface area contributed by atoms with Crippen LogP contribution in [0.5, 0.6) is 0 Å². The van der Waals surface area contributed by atoms with Gasteiger partial charge in [-0.25, -0.2) is 0 Å². The molecule has 0 bridgehead atoms. The van der Waals surface area contributed by atoms with Crippen LogP contribution in [-0.2, 0) is 18.3 Å². The molecular weight excluding hydrogens is 204 g/mol. The monoisotopic (exact) mass is 226 g/mol. The lowest BCUT2D eigenvalue weighted by molar-refractivity contribution is 0.0934. The summed E-state index contributed by atoms with van der Waals surface area (Å²) in [6, 6.07) is 0.341. The van der Waals surface area contributed by atoms with Gasteiger partial charge in [-0.05, 0) is 12.8 Å². The highest BCUT2D eigenvalue weighted by atomic mass is 16.5. The van der Waals surface area contributed by atoms with Crippen LogP contribution in [0.25, 0.3) is 0 Å². The van der Waals surface area contributed by atoms with E-state index in [4.69, 9.17) is 4.74 Å². The molecular formula is C11H22N4O. The molecule has 0 aliphatic heterocycles. The molecule has 1 rings (SSSR count). The van der Waals surface area contributed by atoms with Crippen LogP contribution in [0.2, 0.25) is 0 Å². The minimum Gasteiger partial charge on any atom is -0.380 e. The summed E-state index contributed by atoms with van der Waals surface area (Å²) in [7, 11) is 1.89. The molecule has 0 aliphatic rings. The second-order valence-corrected chi connectivity index (χ2v) is 4.56. The highest BCUT2D eigenvalue weighted by Crippen LogP contribution is 1.96. The Morgan fingerprint density at radius 1 is 1.38 bits per heavy atom. The van der Waals surface area contributed by atoms with Gasteiger partial charge in [-0.1, -0.05) is 19.1 Å². The number of rotatable bonds is 7. The molecule has 0 fully saturated rings. The second-order valence-electron chi connectivity index (χ2n) is 4.56. The van der Waals surface area contributed by atoms with E-state index in [-0.39, 0.29) is 0 Å².